The summed E-state index contributed by atoms with van der Waals surface area (Å²) in [5.41, 5.74) is 0.805. The lowest BCUT2D eigenvalue weighted by Crippen LogP contribution is -2.53. The number of amides is 3. The Hall–Kier alpha value is -2.09. The topological polar surface area (TPSA) is 79.7 Å². The molecule has 3 amide bonds. The van der Waals surface area contributed by atoms with Crippen molar-refractivity contribution in [3.63, 3.8) is 0 Å². The molecule has 4 heterocycles. The van der Waals surface area contributed by atoms with Gasteiger partial charge in [0.05, 0.1) is 17.9 Å². The summed E-state index contributed by atoms with van der Waals surface area (Å²) in [5.74, 6) is 0.0973. The number of nitrogens with one attached hydrogen (secondary N) is 1. The van der Waals surface area contributed by atoms with Crippen molar-refractivity contribution in [2.24, 2.45) is 0 Å². The Bertz CT molecular complexity index is 589. The highest BCUT2D eigenvalue weighted by Gasteiger charge is 2.37. The number of likely N-dealkylation sites (tertiary alicyclic amines) is 1. The molecule has 8 nitrogen and oxygen atoms in total. The van der Waals surface area contributed by atoms with Crippen molar-refractivity contribution in [2.45, 2.75) is 25.0 Å². The zero-order valence-electron chi connectivity index (χ0n) is 12.3. The van der Waals surface area contributed by atoms with E-state index in [9.17, 15) is 9.59 Å². The van der Waals surface area contributed by atoms with Crippen LogP contribution in [-0.4, -0.2) is 65.5 Å². The van der Waals surface area contributed by atoms with Crippen LogP contribution in [0, 0.1) is 0 Å². The van der Waals surface area contributed by atoms with Gasteiger partial charge in [0.25, 0.3) is 5.91 Å². The van der Waals surface area contributed by atoms with Crippen molar-refractivity contribution in [3.05, 3.63) is 12.4 Å². The van der Waals surface area contributed by atoms with Gasteiger partial charge < -0.3 is 15.0 Å². The molecule has 22 heavy (non-hydrogen) atoms. The normalized spacial score (nSPS) is 25.5. The predicted molar refractivity (Wildman–Crippen MR) is 77.6 cm³/mol. The first kappa shape index (κ1) is 13.6. The van der Waals surface area contributed by atoms with Crippen LogP contribution in [0.2, 0.25) is 0 Å². The molecule has 0 aliphatic carbocycles. The number of rotatable bonds is 3. The molecule has 1 unspecified atom stereocenters. The second kappa shape index (κ2) is 5.28. The van der Waals surface area contributed by atoms with Crippen molar-refractivity contribution in [3.8, 4) is 0 Å². The molecule has 3 fully saturated rings. The van der Waals surface area contributed by atoms with Crippen LogP contribution in [-0.2, 0) is 9.53 Å². The zero-order valence-corrected chi connectivity index (χ0v) is 12.3. The molecule has 1 atom stereocenters. The second-order valence-corrected chi connectivity index (χ2v) is 5.96. The Kier molecular flexibility index (Phi) is 3.25. The van der Waals surface area contributed by atoms with Crippen LogP contribution in [0.3, 0.4) is 0 Å². The lowest BCUT2D eigenvalue weighted by Gasteiger charge is -2.40. The Morgan fingerprint density at radius 2 is 2.27 bits per heavy atom. The van der Waals surface area contributed by atoms with Gasteiger partial charge in [0, 0.05) is 39.0 Å². The van der Waals surface area contributed by atoms with Crippen LogP contribution in [0.25, 0.3) is 0 Å². The largest absolute Gasteiger partial charge is 0.368 e. The molecular weight excluding hydrogens is 286 g/mol. The van der Waals surface area contributed by atoms with Crippen molar-refractivity contribution in [1.82, 2.24) is 20.0 Å². The fourth-order valence-corrected chi connectivity index (χ4v) is 3.16. The molecule has 3 aliphatic rings. The molecule has 1 N–H and O–H groups in total. The maximum atomic E-state index is 12.2. The SMILES string of the molecule is O=C(C1CCCO1)N1CC(n2cc(N3CCNC3=O)cn2)C1. The molecule has 0 saturated carbocycles. The van der Waals surface area contributed by atoms with E-state index in [1.54, 1.807) is 11.1 Å². The third kappa shape index (κ3) is 2.23. The molecule has 0 radical (unpaired) electrons. The van der Waals surface area contributed by atoms with E-state index >= 15 is 0 Å². The lowest BCUT2D eigenvalue weighted by molar-refractivity contribution is -0.147. The summed E-state index contributed by atoms with van der Waals surface area (Å²) in [5, 5.41) is 7.11. The average Bonchev–Trinajstić information content (AvgIpc) is 3.16. The maximum absolute atomic E-state index is 12.2. The number of nitrogens with zero attached hydrogens (tertiary/aromatic N) is 4. The summed E-state index contributed by atoms with van der Waals surface area (Å²) >= 11 is 0. The fraction of sp³-hybridized carbons (Fsp3) is 0.643. The van der Waals surface area contributed by atoms with Crippen LogP contribution in [0.15, 0.2) is 12.4 Å². The van der Waals surface area contributed by atoms with E-state index < -0.39 is 0 Å². The van der Waals surface area contributed by atoms with Crippen molar-refractivity contribution in [2.75, 3.05) is 37.7 Å². The Morgan fingerprint density at radius 3 is 2.95 bits per heavy atom. The Balaban J connectivity index is 1.36. The van der Waals surface area contributed by atoms with Crippen molar-refractivity contribution in [1.29, 1.82) is 0 Å². The minimum atomic E-state index is -0.248. The first-order valence-electron chi connectivity index (χ1n) is 7.72. The van der Waals surface area contributed by atoms with Gasteiger partial charge in [0.1, 0.15) is 6.10 Å². The zero-order chi connectivity index (χ0) is 15.1. The number of aromatic nitrogens is 2. The summed E-state index contributed by atoms with van der Waals surface area (Å²) in [6.07, 6.45) is 5.13. The number of urea groups is 1. The lowest BCUT2D eigenvalue weighted by atomic mass is 10.1. The van der Waals surface area contributed by atoms with Crippen molar-refractivity contribution >= 4 is 17.6 Å². The smallest absolute Gasteiger partial charge is 0.322 e. The predicted octanol–water partition coefficient (Wildman–Crippen LogP) is -0.0250. The van der Waals surface area contributed by atoms with Gasteiger partial charge in [-0.15, -0.1) is 0 Å². The van der Waals surface area contributed by atoms with Crippen LogP contribution in [0.5, 0.6) is 0 Å². The number of anilines is 1. The molecule has 0 bridgehead atoms. The summed E-state index contributed by atoms with van der Waals surface area (Å²) in [4.78, 5) is 27.3. The van der Waals surface area contributed by atoms with Crippen LogP contribution in [0.1, 0.15) is 18.9 Å². The van der Waals surface area contributed by atoms with Crippen LogP contribution < -0.4 is 10.2 Å². The first-order chi connectivity index (χ1) is 10.7. The van der Waals surface area contributed by atoms with Gasteiger partial charge >= 0.3 is 6.03 Å². The molecule has 4 rings (SSSR count). The van der Waals surface area contributed by atoms with Crippen LogP contribution in [0.4, 0.5) is 10.5 Å². The highest BCUT2D eigenvalue weighted by atomic mass is 16.5. The van der Waals surface area contributed by atoms with E-state index in [4.69, 9.17) is 4.74 Å². The van der Waals surface area contributed by atoms with E-state index in [1.807, 2.05) is 15.8 Å². The molecule has 0 spiro atoms. The summed E-state index contributed by atoms with van der Waals surface area (Å²) in [6.45, 7) is 3.34. The minimum Gasteiger partial charge on any atom is -0.368 e. The summed E-state index contributed by atoms with van der Waals surface area (Å²) in [7, 11) is 0. The quantitative estimate of drug-likeness (QED) is 0.851. The summed E-state index contributed by atoms with van der Waals surface area (Å²) < 4.78 is 7.28. The van der Waals surface area contributed by atoms with E-state index in [0.29, 0.717) is 32.8 Å². The first-order valence-corrected chi connectivity index (χ1v) is 7.72. The number of hydrogen-bond acceptors (Lipinski definition) is 4. The third-order valence-corrected chi connectivity index (χ3v) is 4.51. The van der Waals surface area contributed by atoms with Gasteiger partial charge in [-0.2, -0.15) is 5.10 Å². The number of carbonyl (C=O) groups is 2. The molecule has 0 aromatic carbocycles. The fourth-order valence-electron chi connectivity index (χ4n) is 3.16. The molecule has 8 heteroatoms. The third-order valence-electron chi connectivity index (χ3n) is 4.51. The van der Waals surface area contributed by atoms with Gasteiger partial charge in [0.2, 0.25) is 0 Å². The summed E-state index contributed by atoms with van der Waals surface area (Å²) in [6, 6.07) is 0.105. The molecule has 118 valence electrons. The number of ether oxygens (including phenoxy) is 1. The molecular formula is C14H19N5O3. The van der Waals surface area contributed by atoms with Gasteiger partial charge in [-0.25, -0.2) is 4.79 Å². The highest BCUT2D eigenvalue weighted by molar-refractivity contribution is 5.93. The average molecular weight is 305 g/mol. The Labute approximate surface area is 128 Å². The van der Waals surface area contributed by atoms with Crippen LogP contribution >= 0.6 is 0 Å². The number of carbonyl (C=O) groups excluding carboxylic acids is 2. The number of hydrogen-bond donors (Lipinski definition) is 1. The minimum absolute atomic E-state index is 0.0802. The molecule has 1 aromatic rings. The van der Waals surface area contributed by atoms with Gasteiger partial charge in [-0.05, 0) is 12.8 Å². The van der Waals surface area contributed by atoms with E-state index in [-0.39, 0.29) is 24.1 Å². The van der Waals surface area contributed by atoms with Crippen molar-refractivity contribution < 1.29 is 14.3 Å². The molecule has 3 aliphatic heterocycles. The van der Waals surface area contributed by atoms with Gasteiger partial charge in [-0.3, -0.25) is 14.4 Å². The highest BCUT2D eigenvalue weighted by Crippen LogP contribution is 2.26. The van der Waals surface area contributed by atoms with E-state index in [2.05, 4.69) is 10.4 Å². The van der Waals surface area contributed by atoms with Gasteiger partial charge in [-0.1, -0.05) is 0 Å². The van der Waals surface area contributed by atoms with E-state index in [1.165, 1.54) is 0 Å². The second-order valence-electron chi connectivity index (χ2n) is 5.96. The maximum Gasteiger partial charge on any atom is 0.322 e. The Morgan fingerprint density at radius 1 is 1.41 bits per heavy atom. The van der Waals surface area contributed by atoms with E-state index in [0.717, 1.165) is 18.5 Å². The molecule has 3 saturated heterocycles. The standard InChI is InChI=1S/C14H19N5O3/c20-13(12-2-1-5-22-12)17-7-11(8-17)19-9-10(6-16-19)18-4-3-15-14(18)21/h6,9,11-12H,1-5,7-8H2,(H,15,21). The molecule has 1 aromatic heterocycles. The monoisotopic (exact) mass is 305 g/mol. The van der Waals surface area contributed by atoms with Gasteiger partial charge in [0.15, 0.2) is 0 Å².